The van der Waals surface area contributed by atoms with Crippen molar-refractivity contribution in [2.75, 3.05) is 5.32 Å². The third-order valence-electron chi connectivity index (χ3n) is 3.56. The molecule has 3 N–H and O–H groups in total. The summed E-state index contributed by atoms with van der Waals surface area (Å²) in [6, 6.07) is -0.497. The van der Waals surface area contributed by atoms with Gasteiger partial charge in [-0.3, -0.25) is 5.32 Å². The number of aromatic nitrogens is 1. The molecule has 0 saturated heterocycles. The molecule has 1 aromatic rings. The molecule has 7 heteroatoms. The van der Waals surface area contributed by atoms with Gasteiger partial charge in [0.1, 0.15) is 5.54 Å². The van der Waals surface area contributed by atoms with Crippen molar-refractivity contribution in [3.8, 4) is 0 Å². The van der Waals surface area contributed by atoms with Crippen LogP contribution in [0.4, 0.5) is 9.93 Å². The Bertz CT molecular complexity index is 493. The van der Waals surface area contributed by atoms with E-state index < -0.39 is 17.5 Å². The number of carboxylic acid groups (broad SMARTS) is 1. The third-order valence-corrected chi connectivity index (χ3v) is 4.43. The molecule has 0 aliphatic heterocycles. The number of hydrogen-bond acceptors (Lipinski definition) is 4. The summed E-state index contributed by atoms with van der Waals surface area (Å²) in [5, 5.41) is 17.0. The fourth-order valence-corrected chi connectivity index (χ4v) is 3.16. The van der Waals surface area contributed by atoms with Crippen LogP contribution in [-0.2, 0) is 4.79 Å². The van der Waals surface area contributed by atoms with Crippen molar-refractivity contribution < 1.29 is 14.7 Å². The summed E-state index contributed by atoms with van der Waals surface area (Å²) in [5.41, 5.74) is -0.319. The molecule has 2 rings (SSSR count). The highest BCUT2D eigenvalue weighted by atomic mass is 32.1. The lowest BCUT2D eigenvalue weighted by Gasteiger charge is -2.29. The van der Waals surface area contributed by atoms with Gasteiger partial charge in [0.25, 0.3) is 0 Å². The van der Waals surface area contributed by atoms with Crippen LogP contribution in [0.5, 0.6) is 0 Å². The van der Waals surface area contributed by atoms with Crippen LogP contribution < -0.4 is 10.6 Å². The molecule has 1 heterocycles. The van der Waals surface area contributed by atoms with Gasteiger partial charge in [0.05, 0.1) is 5.69 Å². The van der Waals surface area contributed by atoms with Crippen molar-refractivity contribution >= 4 is 28.5 Å². The van der Waals surface area contributed by atoms with Crippen LogP contribution >= 0.6 is 11.3 Å². The average molecular weight is 297 g/mol. The van der Waals surface area contributed by atoms with Crippen molar-refractivity contribution in [3.05, 3.63) is 11.1 Å². The molecule has 0 atom stereocenters. The lowest BCUT2D eigenvalue weighted by atomic mass is 9.90. The number of rotatable bonds is 3. The fraction of sp³-hybridized carbons (Fsp3) is 0.615. The maximum Gasteiger partial charge on any atom is 0.329 e. The van der Waals surface area contributed by atoms with Gasteiger partial charge in [-0.2, -0.15) is 0 Å². The number of nitrogens with zero attached hydrogens (tertiary/aromatic N) is 1. The van der Waals surface area contributed by atoms with Crippen LogP contribution in [0.2, 0.25) is 0 Å². The average Bonchev–Trinajstić information content (AvgIpc) is 2.64. The molecule has 0 radical (unpaired) electrons. The molecular formula is C13H19N3O3S. The lowest BCUT2D eigenvalue weighted by Crippen LogP contribution is -2.55. The molecule has 0 bridgehead atoms. The van der Waals surface area contributed by atoms with Gasteiger partial charge in [-0.05, 0) is 19.8 Å². The first-order chi connectivity index (χ1) is 9.52. The number of aryl methyl sites for hydroxylation is 1. The number of carbonyl (C=O) groups is 2. The largest absolute Gasteiger partial charge is 0.480 e. The van der Waals surface area contributed by atoms with Gasteiger partial charge in [0.2, 0.25) is 0 Å². The highest BCUT2D eigenvalue weighted by Gasteiger charge is 2.40. The number of aliphatic carboxylic acids is 1. The van der Waals surface area contributed by atoms with Crippen LogP contribution in [0.15, 0.2) is 5.38 Å². The minimum Gasteiger partial charge on any atom is -0.480 e. The minimum atomic E-state index is -1.15. The highest BCUT2D eigenvalue weighted by Crippen LogP contribution is 2.27. The summed E-state index contributed by atoms with van der Waals surface area (Å²) < 4.78 is 0. The van der Waals surface area contributed by atoms with Gasteiger partial charge in [0.15, 0.2) is 5.13 Å². The fourth-order valence-electron chi connectivity index (χ4n) is 2.48. The lowest BCUT2D eigenvalue weighted by molar-refractivity contribution is -0.145. The van der Waals surface area contributed by atoms with Crippen LogP contribution in [0.25, 0.3) is 0 Å². The number of urea groups is 1. The van der Waals surface area contributed by atoms with E-state index in [1.54, 1.807) is 0 Å². The zero-order chi connectivity index (χ0) is 14.6. The van der Waals surface area contributed by atoms with Gasteiger partial charge in [0, 0.05) is 5.38 Å². The SMILES string of the molecule is Cc1csc(NC(=O)NC2(C(=O)O)CCCCCC2)n1. The molecule has 0 aromatic carbocycles. The van der Waals surface area contributed by atoms with Crippen LogP contribution in [0, 0.1) is 6.92 Å². The Balaban J connectivity index is 2.03. The number of hydrogen-bond donors (Lipinski definition) is 3. The molecule has 2 amide bonds. The normalized spacial score (nSPS) is 18.1. The first kappa shape index (κ1) is 14.8. The third kappa shape index (κ3) is 3.47. The van der Waals surface area contributed by atoms with E-state index in [1.807, 2.05) is 12.3 Å². The maximum atomic E-state index is 12.0. The monoisotopic (exact) mass is 297 g/mol. The van der Waals surface area contributed by atoms with Crippen LogP contribution in [0.3, 0.4) is 0 Å². The van der Waals surface area contributed by atoms with E-state index in [4.69, 9.17) is 0 Å². The number of nitrogens with one attached hydrogen (secondary N) is 2. The second kappa shape index (κ2) is 6.21. The topological polar surface area (TPSA) is 91.3 Å². The first-order valence-electron chi connectivity index (χ1n) is 6.76. The van der Waals surface area contributed by atoms with E-state index in [2.05, 4.69) is 15.6 Å². The zero-order valence-electron chi connectivity index (χ0n) is 11.4. The molecule has 0 spiro atoms. The van der Waals surface area contributed by atoms with E-state index >= 15 is 0 Å². The Morgan fingerprint density at radius 3 is 2.45 bits per heavy atom. The second-order valence-corrected chi connectivity index (χ2v) is 6.03. The molecule has 1 fully saturated rings. The van der Waals surface area contributed by atoms with Crippen LogP contribution in [0.1, 0.15) is 44.2 Å². The van der Waals surface area contributed by atoms with Gasteiger partial charge in [-0.25, -0.2) is 14.6 Å². The zero-order valence-corrected chi connectivity index (χ0v) is 12.3. The Morgan fingerprint density at radius 1 is 1.30 bits per heavy atom. The van der Waals surface area contributed by atoms with Crippen molar-refractivity contribution in [1.82, 2.24) is 10.3 Å². The maximum absolute atomic E-state index is 12.0. The van der Waals surface area contributed by atoms with E-state index in [9.17, 15) is 14.7 Å². The summed E-state index contributed by atoms with van der Waals surface area (Å²) in [6.07, 6.45) is 4.64. The standard InChI is InChI=1S/C13H19N3O3S/c1-9-8-20-12(14-9)15-11(19)16-13(10(17)18)6-4-2-3-5-7-13/h8H,2-7H2,1H3,(H,17,18)(H2,14,15,16,19). The van der Waals surface area contributed by atoms with Crippen molar-refractivity contribution in [3.63, 3.8) is 0 Å². The van der Waals surface area contributed by atoms with Gasteiger partial charge in [-0.15, -0.1) is 11.3 Å². The number of anilines is 1. The van der Waals surface area contributed by atoms with Crippen molar-refractivity contribution in [2.45, 2.75) is 51.0 Å². The van der Waals surface area contributed by atoms with Gasteiger partial charge in [-0.1, -0.05) is 25.7 Å². The summed E-state index contributed by atoms with van der Waals surface area (Å²) in [5.74, 6) is -0.954. The first-order valence-corrected chi connectivity index (χ1v) is 7.64. The van der Waals surface area contributed by atoms with Crippen molar-refractivity contribution in [2.24, 2.45) is 0 Å². The molecule has 1 aliphatic carbocycles. The summed E-state index contributed by atoms with van der Waals surface area (Å²) in [6.45, 7) is 1.84. The molecule has 0 unspecified atom stereocenters. The molecule has 1 aromatic heterocycles. The highest BCUT2D eigenvalue weighted by molar-refractivity contribution is 7.13. The predicted molar refractivity (Wildman–Crippen MR) is 77.1 cm³/mol. The Hall–Kier alpha value is -1.63. The number of amides is 2. The molecule has 1 aliphatic rings. The number of thiazole rings is 1. The molecular weight excluding hydrogens is 278 g/mol. The number of carboxylic acids is 1. The second-order valence-electron chi connectivity index (χ2n) is 5.17. The Morgan fingerprint density at radius 2 is 1.95 bits per heavy atom. The summed E-state index contributed by atoms with van der Waals surface area (Å²) in [7, 11) is 0. The molecule has 20 heavy (non-hydrogen) atoms. The van der Waals surface area contributed by atoms with E-state index in [0.717, 1.165) is 31.4 Å². The van der Waals surface area contributed by atoms with Gasteiger partial charge >= 0.3 is 12.0 Å². The number of carbonyl (C=O) groups excluding carboxylic acids is 1. The molecule has 6 nitrogen and oxygen atoms in total. The van der Waals surface area contributed by atoms with Crippen molar-refractivity contribution in [1.29, 1.82) is 0 Å². The van der Waals surface area contributed by atoms with Gasteiger partial charge < -0.3 is 10.4 Å². The molecule has 110 valence electrons. The minimum absolute atomic E-state index is 0.479. The summed E-state index contributed by atoms with van der Waals surface area (Å²) >= 11 is 1.32. The predicted octanol–water partition coefficient (Wildman–Crippen LogP) is 2.75. The van der Waals surface area contributed by atoms with Crippen LogP contribution in [-0.4, -0.2) is 27.6 Å². The Labute approximate surface area is 121 Å². The Kier molecular flexibility index (Phi) is 4.59. The molecule has 1 saturated carbocycles. The van der Waals surface area contributed by atoms with E-state index in [1.165, 1.54) is 11.3 Å². The quantitative estimate of drug-likeness (QED) is 0.748. The summed E-state index contributed by atoms with van der Waals surface area (Å²) in [4.78, 5) is 27.7. The smallest absolute Gasteiger partial charge is 0.329 e. The van der Waals surface area contributed by atoms with E-state index in [0.29, 0.717) is 18.0 Å². The van der Waals surface area contributed by atoms with E-state index in [-0.39, 0.29) is 0 Å².